The largest absolute Gasteiger partial charge is 0.453 e. The molecule has 8 rings (SSSR count). The minimum Gasteiger partial charge on any atom is -0.453 e. The number of pyridine rings is 1. The maximum Gasteiger partial charge on any atom is 0.407 e. The van der Waals surface area contributed by atoms with E-state index < -0.39 is 24.6 Å². The summed E-state index contributed by atoms with van der Waals surface area (Å²) in [5.41, 5.74) is 5.36. The van der Waals surface area contributed by atoms with Gasteiger partial charge in [-0.15, -0.1) is 0 Å². The van der Waals surface area contributed by atoms with Gasteiger partial charge in [0.2, 0.25) is 18.2 Å². The number of fused-ring (bicyclic) bond motifs is 1. The number of ether oxygens (including phenoxy) is 3. The van der Waals surface area contributed by atoms with Crippen molar-refractivity contribution in [3.63, 3.8) is 0 Å². The van der Waals surface area contributed by atoms with Gasteiger partial charge >= 0.3 is 6.09 Å². The average molecular weight is 834 g/mol. The van der Waals surface area contributed by atoms with Gasteiger partial charge in [-0.3, -0.25) is 19.9 Å². The van der Waals surface area contributed by atoms with Crippen LogP contribution < -0.4 is 10.6 Å². The summed E-state index contributed by atoms with van der Waals surface area (Å²) in [7, 11) is 2.69. The van der Waals surface area contributed by atoms with Crippen LogP contribution in [0.25, 0.3) is 44.5 Å². The molecule has 5 atom stereocenters. The summed E-state index contributed by atoms with van der Waals surface area (Å²) in [6.45, 7) is 6.20. The van der Waals surface area contributed by atoms with Crippen LogP contribution in [0.2, 0.25) is 0 Å². The molecule has 322 valence electrons. The second kappa shape index (κ2) is 18.5. The van der Waals surface area contributed by atoms with Crippen LogP contribution >= 0.6 is 0 Å². The number of hydrogen-bond donors (Lipinski definition) is 5. The maximum absolute atomic E-state index is 14.0. The van der Waals surface area contributed by atoms with E-state index >= 15 is 0 Å². The van der Waals surface area contributed by atoms with Crippen molar-refractivity contribution in [2.75, 3.05) is 40.5 Å². The molecule has 0 aliphatic carbocycles. The zero-order valence-electron chi connectivity index (χ0n) is 35.1. The molecule has 0 radical (unpaired) electrons. The van der Waals surface area contributed by atoms with Gasteiger partial charge in [-0.2, -0.15) is 0 Å². The molecule has 5 aromatic rings. The van der Waals surface area contributed by atoms with Crippen LogP contribution in [0.1, 0.15) is 76.1 Å². The number of hydrogen-bond acceptors (Lipinski definition) is 11. The molecular formula is C45H55N9O7. The van der Waals surface area contributed by atoms with E-state index in [4.69, 9.17) is 29.2 Å². The van der Waals surface area contributed by atoms with E-state index in [2.05, 4.69) is 57.0 Å². The molecule has 0 bridgehead atoms. The Morgan fingerprint density at radius 1 is 0.770 bits per heavy atom. The van der Waals surface area contributed by atoms with Gasteiger partial charge in [0, 0.05) is 56.3 Å². The van der Waals surface area contributed by atoms with Crippen LogP contribution in [0.4, 0.5) is 4.79 Å². The summed E-state index contributed by atoms with van der Waals surface area (Å²) >= 11 is 0. The Bertz CT molecular complexity index is 2320. The number of nitrogens with one attached hydrogen (secondary N) is 4. The molecule has 3 aliphatic rings. The number of benzene rings is 2. The molecule has 3 aliphatic heterocycles. The Hall–Kier alpha value is -5.68. The van der Waals surface area contributed by atoms with Crippen LogP contribution in [0.3, 0.4) is 0 Å². The molecule has 5 N–H and O–H groups in total. The number of likely N-dealkylation sites (tertiary alicyclic amines) is 2. The Morgan fingerprint density at radius 3 is 1.95 bits per heavy atom. The van der Waals surface area contributed by atoms with E-state index in [1.54, 1.807) is 6.20 Å². The predicted molar refractivity (Wildman–Crippen MR) is 227 cm³/mol. The average Bonchev–Trinajstić information content (AvgIpc) is 4.14. The first kappa shape index (κ1) is 42.0. The Kier molecular flexibility index (Phi) is 12.8. The fourth-order valence-electron chi connectivity index (χ4n) is 8.98. The van der Waals surface area contributed by atoms with Gasteiger partial charge in [-0.1, -0.05) is 38.1 Å². The normalized spacial score (nSPS) is 20.0. The first-order chi connectivity index (χ1) is 29.6. The number of aliphatic hydroxyl groups excluding tert-OH is 1. The van der Waals surface area contributed by atoms with Gasteiger partial charge < -0.3 is 44.4 Å². The topological polar surface area (TPSA) is 200 Å². The predicted octanol–water partition coefficient (Wildman–Crippen LogP) is 5.70. The number of aliphatic hydroxyl groups is 1. The van der Waals surface area contributed by atoms with Gasteiger partial charge in [-0.25, -0.2) is 14.8 Å². The molecule has 3 aromatic heterocycles. The quantitative estimate of drug-likeness (QED) is 0.0913. The van der Waals surface area contributed by atoms with Crippen LogP contribution in [0.5, 0.6) is 0 Å². The van der Waals surface area contributed by atoms with E-state index in [0.29, 0.717) is 45.0 Å². The lowest BCUT2D eigenvalue weighted by Crippen LogP contribution is -2.53. The summed E-state index contributed by atoms with van der Waals surface area (Å²) in [6.07, 6.45) is 8.24. The van der Waals surface area contributed by atoms with Crippen molar-refractivity contribution in [3.8, 4) is 33.8 Å². The van der Waals surface area contributed by atoms with E-state index in [0.717, 1.165) is 76.1 Å². The van der Waals surface area contributed by atoms with Gasteiger partial charge in [0.1, 0.15) is 17.7 Å². The molecule has 3 amide bonds. The first-order valence-electron chi connectivity index (χ1n) is 21.2. The number of alkyl carbamates (subject to hydrolysis) is 1. The lowest BCUT2D eigenvalue weighted by molar-refractivity contribution is -0.145. The third-order valence-electron chi connectivity index (χ3n) is 12.4. The number of aromatic amines is 2. The Balaban J connectivity index is 0.934. The van der Waals surface area contributed by atoms with Crippen molar-refractivity contribution in [2.24, 2.45) is 11.8 Å². The number of aromatic nitrogens is 5. The number of carbonyl (C=O) groups excluding carboxylic acids is 3. The fourth-order valence-corrected chi connectivity index (χ4v) is 8.98. The van der Waals surface area contributed by atoms with Crippen molar-refractivity contribution >= 4 is 28.7 Å². The molecule has 3 saturated heterocycles. The van der Waals surface area contributed by atoms with E-state index in [1.165, 1.54) is 14.2 Å². The summed E-state index contributed by atoms with van der Waals surface area (Å²) < 4.78 is 15.3. The lowest BCUT2D eigenvalue weighted by Gasteiger charge is -2.34. The number of rotatable bonds is 13. The fraction of sp³-hybridized carbons (Fsp3) is 0.467. The van der Waals surface area contributed by atoms with Gasteiger partial charge in [0.15, 0.2) is 0 Å². The van der Waals surface area contributed by atoms with Gasteiger partial charge in [0.05, 0.1) is 54.7 Å². The molecule has 61 heavy (non-hydrogen) atoms. The van der Waals surface area contributed by atoms with Crippen molar-refractivity contribution < 1.29 is 33.7 Å². The smallest absolute Gasteiger partial charge is 0.407 e. The summed E-state index contributed by atoms with van der Waals surface area (Å²) in [6, 6.07) is 14.9. The van der Waals surface area contributed by atoms with E-state index in [1.807, 2.05) is 48.2 Å². The first-order valence-corrected chi connectivity index (χ1v) is 21.2. The van der Waals surface area contributed by atoms with E-state index in [-0.39, 0.29) is 35.7 Å². The third-order valence-corrected chi connectivity index (χ3v) is 12.4. The van der Waals surface area contributed by atoms with Crippen molar-refractivity contribution in [1.29, 1.82) is 0 Å². The number of amides is 3. The van der Waals surface area contributed by atoms with Crippen molar-refractivity contribution in [2.45, 2.75) is 83.0 Å². The van der Waals surface area contributed by atoms with Crippen molar-refractivity contribution in [3.05, 3.63) is 78.8 Å². The second-order valence-corrected chi connectivity index (χ2v) is 16.5. The molecule has 2 aromatic carbocycles. The highest BCUT2D eigenvalue weighted by atomic mass is 16.6. The molecule has 3 fully saturated rings. The van der Waals surface area contributed by atoms with Crippen LogP contribution in [-0.2, 0) is 23.8 Å². The highest BCUT2D eigenvalue weighted by Crippen LogP contribution is 2.36. The lowest BCUT2D eigenvalue weighted by atomic mass is 9.90. The molecule has 0 spiro atoms. The van der Waals surface area contributed by atoms with Gasteiger partial charge in [-0.05, 0) is 85.4 Å². The number of imidazole rings is 2. The number of methoxy groups -OCH3 is 2. The molecule has 16 nitrogen and oxygen atoms in total. The maximum atomic E-state index is 14.0. The van der Waals surface area contributed by atoms with Crippen LogP contribution in [0, 0.1) is 11.8 Å². The highest BCUT2D eigenvalue weighted by molar-refractivity contribution is 5.90. The summed E-state index contributed by atoms with van der Waals surface area (Å²) in [4.78, 5) is 64.7. The third kappa shape index (κ3) is 9.03. The minimum atomic E-state index is -1.23. The molecule has 6 heterocycles. The zero-order chi connectivity index (χ0) is 42.6. The molecular weight excluding hydrogens is 779 g/mol. The molecule has 16 heteroatoms. The SMILES string of the molecule is COC(=O)N[C@H](C(=O)N1CCC[C@H]1c1ncc(-c2ccc(-c3ccc4cc(-c5cnc([C@@H]6CCCN6C(=O)[C@@H](NC(O)OC)C(C)C)[nH]5)ccc4c3)nc2)[nH]1)C1CCOCC1. The monoisotopic (exact) mass is 833 g/mol. The molecule has 1 unspecified atom stereocenters. The standard InChI is InChI=1S/C45H55N9O7/c1-26(2)38(51-44(57)59-3)42(55)53-17-5-7-36(53)40-47-24-34(49-40)31-12-10-28-21-30(11-9-29(28)22-31)33-14-13-32(23-46-33)35-25-48-41(50-35)37-8-6-18-54(37)43(56)39(52-45(58)60-4)27-15-19-61-20-16-27/h9-14,21-27,36-39,44,51,57H,5-8,15-20H2,1-4H3,(H,47,49)(H,48,50)(H,52,58)/t36-,37-,38-,39-,44?/m0/s1. The summed E-state index contributed by atoms with van der Waals surface area (Å²) in [5.74, 6) is 1.16. The highest BCUT2D eigenvalue weighted by Gasteiger charge is 2.40. The summed E-state index contributed by atoms with van der Waals surface area (Å²) in [5, 5.41) is 17.9. The zero-order valence-corrected chi connectivity index (χ0v) is 35.1. The number of carbonyl (C=O) groups is 3. The van der Waals surface area contributed by atoms with Crippen molar-refractivity contribution in [1.82, 2.24) is 45.4 Å². The van der Waals surface area contributed by atoms with Crippen LogP contribution in [-0.4, -0.2) is 117 Å². The number of nitrogens with zero attached hydrogens (tertiary/aromatic N) is 5. The Morgan fingerprint density at radius 2 is 1.36 bits per heavy atom. The minimum absolute atomic E-state index is 0.0330. The Labute approximate surface area is 354 Å². The van der Waals surface area contributed by atoms with Gasteiger partial charge in [0.25, 0.3) is 0 Å². The van der Waals surface area contributed by atoms with Crippen LogP contribution in [0.15, 0.2) is 67.1 Å². The number of H-pyrrole nitrogens is 2. The second-order valence-electron chi connectivity index (χ2n) is 16.5. The molecule has 0 saturated carbocycles. The van der Waals surface area contributed by atoms with E-state index in [9.17, 15) is 19.5 Å².